The molecule has 0 aliphatic carbocycles. The summed E-state index contributed by atoms with van der Waals surface area (Å²) in [5.41, 5.74) is 0.579. The number of nitrogens with zero attached hydrogens (tertiary/aromatic N) is 2. The molecule has 0 saturated carbocycles. The first-order valence-corrected chi connectivity index (χ1v) is 6.82. The molecular weight excluding hydrogens is 230 g/mol. The fourth-order valence-electron chi connectivity index (χ4n) is 1.48. The summed E-state index contributed by atoms with van der Waals surface area (Å²) in [6.45, 7) is 6.80. The zero-order valence-corrected chi connectivity index (χ0v) is 10.4. The first-order chi connectivity index (χ1) is 7.30. The summed E-state index contributed by atoms with van der Waals surface area (Å²) >= 11 is 0. The largest absolute Gasteiger partial charge is 0.322 e. The van der Waals surface area contributed by atoms with E-state index in [1.165, 1.54) is 10.6 Å². The Balaban J connectivity index is 2.49. The minimum Gasteiger partial charge on any atom is -0.322 e. The van der Waals surface area contributed by atoms with Crippen LogP contribution in [0.1, 0.15) is 6.92 Å². The molecule has 6 nitrogen and oxygen atoms in total. The van der Waals surface area contributed by atoms with Crippen LogP contribution >= 0.6 is 0 Å². The number of piperazine rings is 1. The predicted molar refractivity (Wildman–Crippen MR) is 61.3 cm³/mol. The van der Waals surface area contributed by atoms with E-state index in [0.29, 0.717) is 31.9 Å². The van der Waals surface area contributed by atoms with Gasteiger partial charge in [-0.05, 0) is 6.92 Å². The molecule has 0 bridgehead atoms. The van der Waals surface area contributed by atoms with Crippen molar-refractivity contribution in [1.82, 2.24) is 14.5 Å². The molecule has 1 heterocycles. The number of rotatable bonds is 2. The second kappa shape index (κ2) is 4.84. The number of urea groups is 1. The Kier molecular flexibility index (Phi) is 3.93. The highest BCUT2D eigenvalue weighted by Gasteiger charge is 2.25. The average molecular weight is 247 g/mol. The Morgan fingerprint density at radius 3 is 2.12 bits per heavy atom. The molecule has 0 spiro atoms. The summed E-state index contributed by atoms with van der Waals surface area (Å²) in [6, 6.07) is -0.222. The van der Waals surface area contributed by atoms with Gasteiger partial charge in [-0.1, -0.05) is 6.58 Å². The van der Waals surface area contributed by atoms with Crippen molar-refractivity contribution in [2.45, 2.75) is 6.92 Å². The number of nitrogens with one attached hydrogen (secondary N) is 1. The second-order valence-corrected chi connectivity index (χ2v) is 5.84. The molecule has 0 aromatic carbocycles. The van der Waals surface area contributed by atoms with Crippen LogP contribution in [0.4, 0.5) is 4.79 Å². The van der Waals surface area contributed by atoms with Crippen molar-refractivity contribution in [3.8, 4) is 0 Å². The lowest BCUT2D eigenvalue weighted by atomic mass is 10.4. The van der Waals surface area contributed by atoms with Gasteiger partial charge in [-0.2, -0.15) is 4.31 Å². The van der Waals surface area contributed by atoms with E-state index in [9.17, 15) is 13.2 Å². The highest BCUT2D eigenvalue weighted by molar-refractivity contribution is 7.88. The van der Waals surface area contributed by atoms with Crippen LogP contribution in [0.5, 0.6) is 0 Å². The van der Waals surface area contributed by atoms with Crippen LogP contribution in [0, 0.1) is 0 Å². The minimum atomic E-state index is -3.14. The van der Waals surface area contributed by atoms with E-state index in [0.717, 1.165) is 0 Å². The summed E-state index contributed by atoms with van der Waals surface area (Å²) in [6.07, 6.45) is 1.18. The number of carbonyl (C=O) groups excluding carboxylic acids is 1. The smallest absolute Gasteiger partial charge is 0.321 e. The molecule has 0 aromatic rings. The van der Waals surface area contributed by atoms with Crippen LogP contribution in [0.15, 0.2) is 12.3 Å². The van der Waals surface area contributed by atoms with Crippen molar-refractivity contribution in [2.24, 2.45) is 0 Å². The van der Waals surface area contributed by atoms with Crippen molar-refractivity contribution in [2.75, 3.05) is 32.4 Å². The summed E-state index contributed by atoms with van der Waals surface area (Å²) in [4.78, 5) is 13.1. The number of amides is 2. The van der Waals surface area contributed by atoms with Gasteiger partial charge in [-0.25, -0.2) is 13.2 Å². The van der Waals surface area contributed by atoms with Gasteiger partial charge in [-0.15, -0.1) is 0 Å². The molecule has 16 heavy (non-hydrogen) atoms. The maximum absolute atomic E-state index is 11.6. The molecule has 1 saturated heterocycles. The lowest BCUT2D eigenvalue weighted by molar-refractivity contribution is 0.175. The Bertz CT molecular complexity index is 383. The van der Waals surface area contributed by atoms with E-state index in [1.807, 2.05) is 0 Å². The standard InChI is InChI=1S/C9H17N3O3S/c1-8(2)10-9(13)11-4-6-12(7-5-11)16(3,14)15/h1,4-7H2,2-3H3,(H,10,13). The number of hydrogen-bond acceptors (Lipinski definition) is 3. The van der Waals surface area contributed by atoms with Crippen molar-refractivity contribution in [3.05, 3.63) is 12.3 Å². The molecule has 0 atom stereocenters. The quantitative estimate of drug-likeness (QED) is 0.735. The van der Waals surface area contributed by atoms with E-state index in [1.54, 1.807) is 11.8 Å². The van der Waals surface area contributed by atoms with Gasteiger partial charge in [0.1, 0.15) is 0 Å². The number of sulfonamides is 1. The normalized spacial score (nSPS) is 18.2. The average Bonchev–Trinajstić information content (AvgIpc) is 2.15. The van der Waals surface area contributed by atoms with Crippen molar-refractivity contribution < 1.29 is 13.2 Å². The number of allylic oxidation sites excluding steroid dienone is 1. The Hall–Kier alpha value is -1.08. The van der Waals surface area contributed by atoms with Gasteiger partial charge in [0, 0.05) is 31.9 Å². The minimum absolute atomic E-state index is 0.222. The fraction of sp³-hybridized carbons (Fsp3) is 0.667. The summed E-state index contributed by atoms with van der Waals surface area (Å²) in [5, 5.41) is 2.59. The summed E-state index contributed by atoms with van der Waals surface area (Å²) < 4.78 is 23.8. The third-order valence-corrected chi connectivity index (χ3v) is 3.62. The summed E-state index contributed by atoms with van der Waals surface area (Å²) in [5.74, 6) is 0. The SMILES string of the molecule is C=C(C)NC(=O)N1CCN(S(C)(=O)=O)CC1. The first-order valence-electron chi connectivity index (χ1n) is 4.97. The molecule has 1 aliphatic heterocycles. The maximum atomic E-state index is 11.6. The molecule has 1 rings (SSSR count). The lowest BCUT2D eigenvalue weighted by Gasteiger charge is -2.33. The van der Waals surface area contributed by atoms with Crippen molar-refractivity contribution in [3.63, 3.8) is 0 Å². The molecule has 0 unspecified atom stereocenters. The molecule has 1 N–H and O–H groups in total. The lowest BCUT2D eigenvalue weighted by Crippen LogP contribution is -2.52. The molecule has 7 heteroatoms. The predicted octanol–water partition coefficient (Wildman–Crippen LogP) is -0.193. The Morgan fingerprint density at radius 2 is 1.75 bits per heavy atom. The van der Waals surface area contributed by atoms with Crippen LogP contribution in [0.3, 0.4) is 0 Å². The maximum Gasteiger partial charge on any atom is 0.321 e. The molecule has 1 fully saturated rings. The molecule has 92 valence electrons. The number of carbonyl (C=O) groups is 1. The van der Waals surface area contributed by atoms with Crippen LogP contribution in [0.25, 0.3) is 0 Å². The third-order valence-electron chi connectivity index (χ3n) is 2.32. The van der Waals surface area contributed by atoms with Crippen LogP contribution < -0.4 is 5.32 Å². The van der Waals surface area contributed by atoms with Gasteiger partial charge < -0.3 is 10.2 Å². The molecule has 0 aromatic heterocycles. The van der Waals surface area contributed by atoms with Gasteiger partial charge in [0.15, 0.2) is 0 Å². The van der Waals surface area contributed by atoms with E-state index in [4.69, 9.17) is 0 Å². The van der Waals surface area contributed by atoms with Crippen LogP contribution in [-0.4, -0.2) is 56.1 Å². The molecule has 1 aliphatic rings. The van der Waals surface area contributed by atoms with Crippen LogP contribution in [0.2, 0.25) is 0 Å². The molecular formula is C9H17N3O3S. The van der Waals surface area contributed by atoms with E-state index in [2.05, 4.69) is 11.9 Å². The first kappa shape index (κ1) is 13.0. The second-order valence-electron chi connectivity index (χ2n) is 3.86. The topological polar surface area (TPSA) is 69.7 Å². The monoisotopic (exact) mass is 247 g/mol. The van der Waals surface area contributed by atoms with Crippen LogP contribution in [-0.2, 0) is 10.0 Å². The fourth-order valence-corrected chi connectivity index (χ4v) is 2.31. The summed E-state index contributed by atoms with van der Waals surface area (Å²) in [7, 11) is -3.14. The highest BCUT2D eigenvalue weighted by atomic mass is 32.2. The van der Waals surface area contributed by atoms with Gasteiger partial charge >= 0.3 is 6.03 Å². The third kappa shape index (κ3) is 3.49. The number of hydrogen-bond donors (Lipinski definition) is 1. The zero-order valence-electron chi connectivity index (χ0n) is 9.56. The van der Waals surface area contributed by atoms with Gasteiger partial charge in [-0.3, -0.25) is 0 Å². The van der Waals surface area contributed by atoms with E-state index in [-0.39, 0.29) is 6.03 Å². The zero-order chi connectivity index (χ0) is 12.3. The Labute approximate surface area is 96.0 Å². The van der Waals surface area contributed by atoms with Crippen molar-refractivity contribution >= 4 is 16.1 Å². The van der Waals surface area contributed by atoms with Crippen molar-refractivity contribution in [1.29, 1.82) is 0 Å². The van der Waals surface area contributed by atoms with E-state index >= 15 is 0 Å². The van der Waals surface area contributed by atoms with Gasteiger partial charge in [0.05, 0.1) is 6.26 Å². The van der Waals surface area contributed by atoms with Gasteiger partial charge in [0.2, 0.25) is 10.0 Å². The molecule has 2 amide bonds. The van der Waals surface area contributed by atoms with E-state index < -0.39 is 10.0 Å². The highest BCUT2D eigenvalue weighted by Crippen LogP contribution is 2.06. The molecule has 0 radical (unpaired) electrons. The Morgan fingerprint density at radius 1 is 1.25 bits per heavy atom. The van der Waals surface area contributed by atoms with Gasteiger partial charge in [0.25, 0.3) is 0 Å².